The summed E-state index contributed by atoms with van der Waals surface area (Å²) in [6, 6.07) is 7.93. The Morgan fingerprint density at radius 3 is 2.78 bits per heavy atom. The molecule has 2 heterocycles. The molecule has 4 nitrogen and oxygen atoms in total. The van der Waals surface area contributed by atoms with E-state index in [4.69, 9.17) is 10.2 Å². The SMILES string of the molecule is Nc1cnc2oc(Cc3ccc(F)cc3)nc2c1. The van der Waals surface area contributed by atoms with Gasteiger partial charge in [0.1, 0.15) is 11.3 Å². The molecule has 0 aliphatic heterocycles. The second-order valence-electron chi connectivity index (χ2n) is 4.00. The second kappa shape index (κ2) is 4.10. The van der Waals surface area contributed by atoms with Crippen molar-refractivity contribution >= 4 is 16.9 Å². The maximum absolute atomic E-state index is 12.8. The monoisotopic (exact) mass is 243 g/mol. The molecule has 3 rings (SSSR count). The summed E-state index contributed by atoms with van der Waals surface area (Å²) in [6.07, 6.45) is 2.02. The van der Waals surface area contributed by atoms with Gasteiger partial charge in [-0.2, -0.15) is 0 Å². The maximum Gasteiger partial charge on any atom is 0.247 e. The van der Waals surface area contributed by atoms with Crippen LogP contribution in [0, 0.1) is 5.82 Å². The van der Waals surface area contributed by atoms with E-state index in [2.05, 4.69) is 9.97 Å². The Bertz CT molecular complexity index is 691. The summed E-state index contributed by atoms with van der Waals surface area (Å²) < 4.78 is 18.3. The van der Waals surface area contributed by atoms with Gasteiger partial charge in [0.05, 0.1) is 11.9 Å². The van der Waals surface area contributed by atoms with Crippen molar-refractivity contribution in [1.82, 2.24) is 9.97 Å². The van der Waals surface area contributed by atoms with Gasteiger partial charge in [-0.15, -0.1) is 0 Å². The van der Waals surface area contributed by atoms with E-state index in [1.165, 1.54) is 18.3 Å². The molecule has 1 aromatic carbocycles. The van der Waals surface area contributed by atoms with Gasteiger partial charge < -0.3 is 10.2 Å². The lowest BCUT2D eigenvalue weighted by Crippen LogP contribution is -1.88. The lowest BCUT2D eigenvalue weighted by atomic mass is 10.1. The van der Waals surface area contributed by atoms with Crippen LogP contribution in [0.15, 0.2) is 40.9 Å². The van der Waals surface area contributed by atoms with Crippen molar-refractivity contribution in [2.75, 3.05) is 5.73 Å². The molecule has 90 valence electrons. The molecule has 0 spiro atoms. The normalized spacial score (nSPS) is 10.9. The number of benzene rings is 1. The first-order valence-electron chi connectivity index (χ1n) is 5.46. The van der Waals surface area contributed by atoms with E-state index < -0.39 is 0 Å². The summed E-state index contributed by atoms with van der Waals surface area (Å²) in [4.78, 5) is 8.33. The molecule has 3 aromatic rings. The van der Waals surface area contributed by atoms with Gasteiger partial charge in [-0.1, -0.05) is 12.1 Å². The van der Waals surface area contributed by atoms with Crippen molar-refractivity contribution in [3.05, 3.63) is 53.8 Å². The van der Waals surface area contributed by atoms with E-state index in [0.717, 1.165) is 5.56 Å². The molecule has 0 amide bonds. The minimum Gasteiger partial charge on any atom is -0.422 e. The highest BCUT2D eigenvalue weighted by Gasteiger charge is 2.08. The Morgan fingerprint density at radius 1 is 1.22 bits per heavy atom. The van der Waals surface area contributed by atoms with Crippen molar-refractivity contribution in [3.63, 3.8) is 0 Å². The third kappa shape index (κ3) is 2.02. The molecular weight excluding hydrogens is 233 g/mol. The smallest absolute Gasteiger partial charge is 0.247 e. The number of anilines is 1. The van der Waals surface area contributed by atoms with E-state index in [-0.39, 0.29) is 5.82 Å². The van der Waals surface area contributed by atoms with Crippen LogP contribution >= 0.6 is 0 Å². The van der Waals surface area contributed by atoms with Crippen LogP contribution in [0.2, 0.25) is 0 Å². The van der Waals surface area contributed by atoms with E-state index in [1.807, 2.05) is 0 Å². The quantitative estimate of drug-likeness (QED) is 0.751. The molecule has 0 radical (unpaired) electrons. The summed E-state index contributed by atoms with van der Waals surface area (Å²) >= 11 is 0. The molecule has 0 aliphatic rings. The molecule has 0 fully saturated rings. The zero-order valence-corrected chi connectivity index (χ0v) is 9.43. The van der Waals surface area contributed by atoms with Crippen molar-refractivity contribution < 1.29 is 8.81 Å². The lowest BCUT2D eigenvalue weighted by Gasteiger charge is -1.96. The first-order chi connectivity index (χ1) is 8.70. The average molecular weight is 243 g/mol. The molecule has 0 saturated heterocycles. The Kier molecular flexibility index (Phi) is 2.44. The number of pyridine rings is 1. The van der Waals surface area contributed by atoms with Crippen LogP contribution in [-0.4, -0.2) is 9.97 Å². The number of aromatic nitrogens is 2. The molecular formula is C13H10FN3O. The third-order valence-electron chi connectivity index (χ3n) is 2.58. The highest BCUT2D eigenvalue weighted by molar-refractivity contribution is 5.71. The van der Waals surface area contributed by atoms with Crippen LogP contribution in [0.1, 0.15) is 11.5 Å². The molecule has 5 heteroatoms. The van der Waals surface area contributed by atoms with Crippen LogP contribution in [0.4, 0.5) is 10.1 Å². The largest absolute Gasteiger partial charge is 0.422 e. The molecule has 2 aromatic heterocycles. The van der Waals surface area contributed by atoms with Gasteiger partial charge in [0, 0.05) is 6.42 Å². The first kappa shape index (κ1) is 10.7. The van der Waals surface area contributed by atoms with E-state index in [9.17, 15) is 4.39 Å². The number of halogens is 1. The number of nitrogens with zero attached hydrogens (tertiary/aromatic N) is 2. The standard InChI is InChI=1S/C13H10FN3O/c14-9-3-1-8(2-4-9)5-12-17-11-6-10(15)7-16-13(11)18-12/h1-4,6-7H,5,15H2. The molecule has 18 heavy (non-hydrogen) atoms. The predicted molar refractivity (Wildman–Crippen MR) is 65.4 cm³/mol. The van der Waals surface area contributed by atoms with Gasteiger partial charge in [-0.25, -0.2) is 14.4 Å². The molecule has 2 N–H and O–H groups in total. The van der Waals surface area contributed by atoms with Crippen molar-refractivity contribution in [3.8, 4) is 0 Å². The third-order valence-corrected chi connectivity index (χ3v) is 2.58. The summed E-state index contributed by atoms with van der Waals surface area (Å²) in [5.41, 5.74) is 8.18. The molecule has 0 bridgehead atoms. The van der Waals surface area contributed by atoms with Crippen molar-refractivity contribution in [2.24, 2.45) is 0 Å². The maximum atomic E-state index is 12.8. The number of hydrogen-bond donors (Lipinski definition) is 1. The Labute approximate surface area is 102 Å². The lowest BCUT2D eigenvalue weighted by molar-refractivity contribution is 0.535. The van der Waals surface area contributed by atoms with Gasteiger partial charge in [-0.3, -0.25) is 0 Å². The number of hydrogen-bond acceptors (Lipinski definition) is 4. The van der Waals surface area contributed by atoms with Gasteiger partial charge in [0.15, 0.2) is 0 Å². The van der Waals surface area contributed by atoms with Gasteiger partial charge >= 0.3 is 0 Å². The molecule has 0 saturated carbocycles. The van der Waals surface area contributed by atoms with Gasteiger partial charge in [0.2, 0.25) is 11.6 Å². The van der Waals surface area contributed by atoms with Crippen LogP contribution in [0.5, 0.6) is 0 Å². The fraction of sp³-hybridized carbons (Fsp3) is 0.0769. The number of fused-ring (bicyclic) bond motifs is 1. The fourth-order valence-corrected chi connectivity index (χ4v) is 1.74. The van der Waals surface area contributed by atoms with Gasteiger partial charge in [0.25, 0.3) is 0 Å². The molecule has 0 unspecified atom stereocenters. The predicted octanol–water partition coefficient (Wildman–Crippen LogP) is 2.53. The zero-order valence-electron chi connectivity index (χ0n) is 9.43. The van der Waals surface area contributed by atoms with E-state index >= 15 is 0 Å². The number of nitrogens with two attached hydrogens (primary N) is 1. The highest BCUT2D eigenvalue weighted by Crippen LogP contribution is 2.17. The average Bonchev–Trinajstić information content (AvgIpc) is 2.73. The number of rotatable bonds is 2. The summed E-state index contributed by atoms with van der Waals surface area (Å²) in [5, 5.41) is 0. The Morgan fingerprint density at radius 2 is 2.00 bits per heavy atom. The van der Waals surface area contributed by atoms with E-state index in [0.29, 0.717) is 29.2 Å². The fourth-order valence-electron chi connectivity index (χ4n) is 1.74. The minimum absolute atomic E-state index is 0.259. The van der Waals surface area contributed by atoms with Gasteiger partial charge in [-0.05, 0) is 23.8 Å². The molecule has 0 atom stereocenters. The Hall–Kier alpha value is -2.43. The molecule has 0 aliphatic carbocycles. The summed E-state index contributed by atoms with van der Waals surface area (Å²) in [6.45, 7) is 0. The number of nitrogen functional groups attached to an aromatic ring is 1. The summed E-state index contributed by atoms with van der Waals surface area (Å²) in [7, 11) is 0. The van der Waals surface area contributed by atoms with Crippen LogP contribution < -0.4 is 5.73 Å². The number of oxazole rings is 1. The zero-order chi connectivity index (χ0) is 12.5. The van der Waals surface area contributed by atoms with Crippen LogP contribution in [0.3, 0.4) is 0 Å². The van der Waals surface area contributed by atoms with E-state index in [1.54, 1.807) is 18.2 Å². The Balaban J connectivity index is 1.92. The topological polar surface area (TPSA) is 64.9 Å². The first-order valence-corrected chi connectivity index (χ1v) is 5.46. The van der Waals surface area contributed by atoms with Crippen molar-refractivity contribution in [1.29, 1.82) is 0 Å². The van der Waals surface area contributed by atoms with Crippen molar-refractivity contribution in [2.45, 2.75) is 6.42 Å². The second-order valence-corrected chi connectivity index (χ2v) is 4.00. The summed E-state index contributed by atoms with van der Waals surface area (Å²) in [5.74, 6) is 0.278. The minimum atomic E-state index is -0.259. The highest BCUT2D eigenvalue weighted by atomic mass is 19.1. The van der Waals surface area contributed by atoms with Crippen LogP contribution in [0.25, 0.3) is 11.2 Å². The van der Waals surface area contributed by atoms with Crippen LogP contribution in [-0.2, 0) is 6.42 Å².